The molecule has 0 aromatic heterocycles. The van der Waals surface area contributed by atoms with E-state index in [1.165, 1.54) is 25.7 Å². The van der Waals surface area contributed by atoms with E-state index in [1.807, 2.05) is 8.61 Å². The summed E-state index contributed by atoms with van der Waals surface area (Å²) in [6, 6.07) is 0.181. The summed E-state index contributed by atoms with van der Waals surface area (Å²) in [6.07, 6.45) is 6.14. The topological polar surface area (TPSA) is 30.0 Å². The maximum absolute atomic E-state index is 12.5. The number of hydrogen-bond donors (Lipinski definition) is 0. The number of carbonyl (C=O) groups excluding carboxylic acids is 1. The quantitative estimate of drug-likeness (QED) is 0.744. The normalized spacial score (nSPS) is 26.6. The van der Waals surface area contributed by atoms with E-state index in [1.54, 1.807) is 24.3 Å². The first-order valence-electron chi connectivity index (χ1n) is 7.28. The van der Waals surface area contributed by atoms with Crippen LogP contribution in [0.25, 0.3) is 0 Å². The Hall–Kier alpha value is -0.110. The molecule has 0 unspecified atom stereocenters. The molecule has 0 spiro atoms. The lowest BCUT2D eigenvalue weighted by molar-refractivity contribution is 0.195. The van der Waals surface area contributed by atoms with Gasteiger partial charge in [-0.1, -0.05) is 0 Å². The molecule has 3 fully saturated rings. The summed E-state index contributed by atoms with van der Waals surface area (Å²) in [7, 11) is 0. The van der Waals surface area contributed by atoms with Crippen molar-refractivity contribution >= 4 is 30.3 Å². The second kappa shape index (κ2) is 6.56. The smallest absolute Gasteiger partial charge is 0.254 e. The van der Waals surface area contributed by atoms with Gasteiger partial charge in [0.2, 0.25) is 0 Å². The minimum Gasteiger partial charge on any atom is -0.254 e. The van der Waals surface area contributed by atoms with Crippen molar-refractivity contribution in [3.8, 4) is 0 Å². The van der Waals surface area contributed by atoms with Crippen LogP contribution < -0.4 is 0 Å². The van der Waals surface area contributed by atoms with Crippen LogP contribution in [0.4, 0.5) is 4.79 Å². The van der Waals surface area contributed by atoms with Gasteiger partial charge in [-0.25, -0.2) is 13.4 Å². The molecule has 0 saturated carbocycles. The highest BCUT2D eigenvalue weighted by Crippen LogP contribution is 2.30. The molecule has 0 aromatic carbocycles. The van der Waals surface area contributed by atoms with Crippen molar-refractivity contribution in [3.05, 3.63) is 0 Å². The van der Waals surface area contributed by atoms with E-state index in [0.29, 0.717) is 0 Å². The Labute approximate surface area is 124 Å². The Balaban J connectivity index is 1.52. The Morgan fingerprint density at radius 3 is 1.47 bits per heavy atom. The summed E-state index contributed by atoms with van der Waals surface area (Å²) in [5.74, 6) is 0. The molecule has 0 aliphatic carbocycles. The Morgan fingerprint density at radius 1 is 0.632 bits per heavy atom. The van der Waals surface area contributed by atoms with Crippen molar-refractivity contribution in [2.75, 3.05) is 39.3 Å². The van der Waals surface area contributed by atoms with Crippen molar-refractivity contribution in [1.29, 1.82) is 0 Å². The molecule has 0 atom stereocenters. The minimum atomic E-state index is 0.181. The van der Waals surface area contributed by atoms with Crippen LogP contribution in [0.1, 0.15) is 32.1 Å². The van der Waals surface area contributed by atoms with Gasteiger partial charge < -0.3 is 0 Å². The third kappa shape index (κ3) is 3.51. The molecular formula is C12H22N4OS2. The molecule has 5 nitrogen and oxygen atoms in total. The van der Waals surface area contributed by atoms with E-state index in [9.17, 15) is 4.79 Å². The van der Waals surface area contributed by atoms with Crippen LogP contribution in [-0.2, 0) is 0 Å². The molecule has 3 saturated heterocycles. The molecular weight excluding hydrogens is 280 g/mol. The number of urea groups is 1. The molecule has 0 aromatic rings. The number of hydrogen-bond acceptors (Lipinski definition) is 5. The SMILES string of the molecule is O=C1N(SN2CCCC2)CCCN1SN1CCCC1. The van der Waals surface area contributed by atoms with E-state index in [2.05, 4.69) is 8.61 Å². The molecule has 3 aliphatic heterocycles. The fourth-order valence-electron chi connectivity index (χ4n) is 2.64. The van der Waals surface area contributed by atoms with Crippen molar-refractivity contribution in [3.63, 3.8) is 0 Å². The Bertz CT molecular complexity index is 291. The van der Waals surface area contributed by atoms with Crippen molar-refractivity contribution < 1.29 is 4.79 Å². The van der Waals surface area contributed by atoms with Gasteiger partial charge in [0, 0.05) is 63.5 Å². The first kappa shape index (κ1) is 13.9. The third-order valence-corrected chi connectivity index (χ3v) is 5.97. The zero-order valence-corrected chi connectivity index (χ0v) is 12.9. The monoisotopic (exact) mass is 302 g/mol. The van der Waals surface area contributed by atoms with Crippen LogP contribution in [0.2, 0.25) is 0 Å². The van der Waals surface area contributed by atoms with E-state index in [4.69, 9.17) is 0 Å². The molecule has 2 amide bonds. The van der Waals surface area contributed by atoms with E-state index >= 15 is 0 Å². The van der Waals surface area contributed by atoms with Gasteiger partial charge in [0.15, 0.2) is 0 Å². The molecule has 0 bridgehead atoms. The number of carbonyl (C=O) groups is 1. The largest absolute Gasteiger partial charge is 0.341 e. The summed E-state index contributed by atoms with van der Waals surface area (Å²) in [5.41, 5.74) is 0. The van der Waals surface area contributed by atoms with Gasteiger partial charge in [0.05, 0.1) is 0 Å². The van der Waals surface area contributed by atoms with Gasteiger partial charge in [0.25, 0.3) is 0 Å². The van der Waals surface area contributed by atoms with Gasteiger partial charge in [-0.15, -0.1) is 0 Å². The average molecular weight is 302 g/mol. The van der Waals surface area contributed by atoms with Crippen LogP contribution in [0, 0.1) is 0 Å². The Morgan fingerprint density at radius 2 is 1.05 bits per heavy atom. The van der Waals surface area contributed by atoms with Crippen molar-refractivity contribution in [2.45, 2.75) is 32.1 Å². The van der Waals surface area contributed by atoms with Gasteiger partial charge in [-0.3, -0.25) is 8.61 Å². The standard InChI is InChI=1S/C12H22N4OS2/c17-12-15(18-13-6-1-2-7-13)10-5-11-16(12)19-14-8-3-4-9-14/h1-11H2. The van der Waals surface area contributed by atoms with E-state index < -0.39 is 0 Å². The summed E-state index contributed by atoms with van der Waals surface area (Å²) < 4.78 is 8.53. The molecule has 3 aliphatic rings. The van der Waals surface area contributed by atoms with Gasteiger partial charge >= 0.3 is 6.03 Å². The maximum Gasteiger partial charge on any atom is 0.341 e. The minimum absolute atomic E-state index is 0.181. The highest BCUT2D eigenvalue weighted by molar-refractivity contribution is 7.96. The summed E-state index contributed by atoms with van der Waals surface area (Å²) in [6.45, 7) is 6.25. The zero-order valence-electron chi connectivity index (χ0n) is 11.3. The number of amides is 2. The lowest BCUT2D eigenvalue weighted by Crippen LogP contribution is -2.45. The molecule has 19 heavy (non-hydrogen) atoms. The molecule has 3 heterocycles. The third-order valence-electron chi connectivity index (χ3n) is 3.71. The van der Waals surface area contributed by atoms with Crippen LogP contribution in [-0.4, -0.2) is 62.5 Å². The average Bonchev–Trinajstić information content (AvgIpc) is 3.07. The lowest BCUT2D eigenvalue weighted by Gasteiger charge is -2.36. The Kier molecular flexibility index (Phi) is 4.78. The maximum atomic E-state index is 12.5. The fraction of sp³-hybridized carbons (Fsp3) is 0.917. The fourth-order valence-corrected chi connectivity index (χ4v) is 4.85. The lowest BCUT2D eigenvalue weighted by atomic mass is 10.4. The van der Waals surface area contributed by atoms with E-state index in [-0.39, 0.29) is 6.03 Å². The highest BCUT2D eigenvalue weighted by atomic mass is 32.2. The molecule has 0 radical (unpaired) electrons. The van der Waals surface area contributed by atoms with E-state index in [0.717, 1.165) is 45.7 Å². The number of rotatable bonds is 4. The summed E-state index contributed by atoms with van der Waals surface area (Å²) in [4.78, 5) is 12.5. The summed E-state index contributed by atoms with van der Waals surface area (Å²) >= 11 is 3.28. The van der Waals surface area contributed by atoms with Gasteiger partial charge in [-0.05, 0) is 32.1 Å². The first-order chi connectivity index (χ1) is 9.33. The zero-order chi connectivity index (χ0) is 13.1. The van der Waals surface area contributed by atoms with Crippen LogP contribution in [0.5, 0.6) is 0 Å². The first-order valence-corrected chi connectivity index (χ1v) is 8.74. The second-order valence-electron chi connectivity index (χ2n) is 5.28. The van der Waals surface area contributed by atoms with Crippen LogP contribution in [0.15, 0.2) is 0 Å². The number of nitrogens with zero attached hydrogens (tertiary/aromatic N) is 4. The molecule has 108 valence electrons. The predicted octanol–water partition coefficient (Wildman–Crippen LogP) is 2.43. The molecule has 7 heteroatoms. The second-order valence-corrected chi connectivity index (χ2v) is 7.52. The van der Waals surface area contributed by atoms with Crippen LogP contribution >= 0.6 is 24.3 Å². The van der Waals surface area contributed by atoms with Gasteiger partial charge in [-0.2, -0.15) is 0 Å². The van der Waals surface area contributed by atoms with Crippen LogP contribution in [0.3, 0.4) is 0 Å². The predicted molar refractivity (Wildman–Crippen MR) is 80.2 cm³/mol. The van der Waals surface area contributed by atoms with Crippen molar-refractivity contribution in [1.82, 2.24) is 17.2 Å². The molecule has 0 N–H and O–H groups in total. The van der Waals surface area contributed by atoms with Crippen molar-refractivity contribution in [2.24, 2.45) is 0 Å². The molecule has 3 rings (SSSR count). The highest BCUT2D eigenvalue weighted by Gasteiger charge is 2.31. The summed E-state index contributed by atoms with van der Waals surface area (Å²) in [5, 5.41) is 0. The van der Waals surface area contributed by atoms with Gasteiger partial charge in [0.1, 0.15) is 0 Å².